The Balaban J connectivity index is 2.76. The Bertz CT molecular complexity index is 288. The van der Waals surface area contributed by atoms with Crippen molar-refractivity contribution in [1.82, 2.24) is 4.98 Å². The molecule has 0 aromatic carbocycles. The van der Waals surface area contributed by atoms with Crippen molar-refractivity contribution in [2.45, 2.75) is 12.5 Å². The quantitative estimate of drug-likeness (QED) is 0.706. The summed E-state index contributed by atoms with van der Waals surface area (Å²) >= 11 is 5.61. The van der Waals surface area contributed by atoms with Gasteiger partial charge in [-0.2, -0.15) is 0 Å². The molecule has 3 heteroatoms. The van der Waals surface area contributed by atoms with Gasteiger partial charge in [0.05, 0.1) is 10.7 Å². The average Bonchev–Trinajstić information content (AvgIpc) is 2.06. The van der Waals surface area contributed by atoms with E-state index in [0.29, 0.717) is 10.7 Å². The minimum Gasteiger partial charge on any atom is -0.386 e. The zero-order chi connectivity index (χ0) is 8.97. The largest absolute Gasteiger partial charge is 0.386 e. The Morgan fingerprint density at radius 2 is 2.42 bits per heavy atom. The van der Waals surface area contributed by atoms with Crippen molar-refractivity contribution in [2.75, 3.05) is 0 Å². The highest BCUT2D eigenvalue weighted by Crippen LogP contribution is 2.15. The van der Waals surface area contributed by atoms with Crippen LogP contribution >= 0.6 is 11.6 Å². The van der Waals surface area contributed by atoms with Gasteiger partial charge in [-0.25, -0.2) is 0 Å². The van der Waals surface area contributed by atoms with Crippen molar-refractivity contribution in [3.05, 3.63) is 29.0 Å². The van der Waals surface area contributed by atoms with Crippen LogP contribution in [-0.4, -0.2) is 10.1 Å². The lowest BCUT2D eigenvalue weighted by Gasteiger charge is -2.04. The first kappa shape index (κ1) is 9.05. The third-order valence-corrected chi connectivity index (χ3v) is 1.63. The number of aliphatic hydroxyl groups excluding tert-OH is 1. The lowest BCUT2D eigenvalue weighted by molar-refractivity contribution is 0.179. The summed E-state index contributed by atoms with van der Waals surface area (Å²) in [5, 5.41) is 9.91. The van der Waals surface area contributed by atoms with Gasteiger partial charge in [-0.1, -0.05) is 11.6 Å². The molecule has 0 bridgehead atoms. The minimum atomic E-state index is -0.688. The molecule has 2 nitrogen and oxygen atoms in total. The van der Waals surface area contributed by atoms with Gasteiger partial charge >= 0.3 is 0 Å². The summed E-state index contributed by atoms with van der Waals surface area (Å²) in [6.45, 7) is 0. The first-order valence-electron chi connectivity index (χ1n) is 3.47. The predicted octanol–water partition coefficient (Wildman–Crippen LogP) is 1.79. The number of hydrogen-bond donors (Lipinski definition) is 1. The minimum absolute atomic E-state index is 0.272. The molecule has 1 atom stereocenters. The predicted molar refractivity (Wildman–Crippen MR) is 47.7 cm³/mol. The number of aromatic nitrogens is 1. The van der Waals surface area contributed by atoms with Crippen LogP contribution in [0.1, 0.15) is 18.2 Å². The third kappa shape index (κ3) is 2.23. The second-order valence-corrected chi connectivity index (χ2v) is 2.76. The second kappa shape index (κ2) is 4.10. The Morgan fingerprint density at radius 1 is 1.67 bits per heavy atom. The molecule has 1 N–H and O–H groups in total. The van der Waals surface area contributed by atoms with E-state index in [-0.39, 0.29) is 6.42 Å². The lowest BCUT2D eigenvalue weighted by atomic mass is 10.2. The Labute approximate surface area is 76.2 Å². The normalized spacial score (nSPS) is 12.1. The molecule has 1 aromatic rings. The van der Waals surface area contributed by atoms with Gasteiger partial charge in [-0.3, -0.25) is 4.98 Å². The highest BCUT2D eigenvalue weighted by molar-refractivity contribution is 6.30. The van der Waals surface area contributed by atoms with Gasteiger partial charge in [-0.05, 0) is 12.1 Å². The monoisotopic (exact) mass is 181 g/mol. The smallest absolute Gasteiger partial charge is 0.107 e. The fourth-order valence-electron chi connectivity index (χ4n) is 0.801. The van der Waals surface area contributed by atoms with Gasteiger partial charge in [0, 0.05) is 12.6 Å². The summed E-state index contributed by atoms with van der Waals surface area (Å²) in [6, 6.07) is 3.33. The van der Waals surface area contributed by atoms with E-state index in [2.05, 4.69) is 10.9 Å². The van der Waals surface area contributed by atoms with E-state index in [1.807, 2.05) is 0 Å². The van der Waals surface area contributed by atoms with Crippen LogP contribution in [0.15, 0.2) is 18.3 Å². The van der Waals surface area contributed by atoms with Crippen molar-refractivity contribution >= 4 is 11.6 Å². The average molecular weight is 182 g/mol. The molecule has 0 aliphatic rings. The van der Waals surface area contributed by atoms with Gasteiger partial charge in [0.1, 0.15) is 6.10 Å². The van der Waals surface area contributed by atoms with Crippen molar-refractivity contribution in [3.8, 4) is 12.3 Å². The Morgan fingerprint density at radius 3 is 2.92 bits per heavy atom. The molecule has 0 fully saturated rings. The molecule has 0 spiro atoms. The second-order valence-electron chi connectivity index (χ2n) is 2.33. The Kier molecular flexibility index (Phi) is 3.09. The number of pyridine rings is 1. The summed E-state index contributed by atoms with van der Waals surface area (Å²) in [7, 11) is 0. The van der Waals surface area contributed by atoms with Crippen LogP contribution in [0.3, 0.4) is 0 Å². The number of aliphatic hydroxyl groups is 1. The molecular weight excluding hydrogens is 174 g/mol. The molecule has 0 saturated carbocycles. The van der Waals surface area contributed by atoms with Crippen LogP contribution in [-0.2, 0) is 0 Å². The number of rotatable bonds is 2. The SMILES string of the molecule is C#CCC(O)c1ccc(Cl)cn1. The fourth-order valence-corrected chi connectivity index (χ4v) is 0.912. The zero-order valence-electron chi connectivity index (χ0n) is 6.37. The van der Waals surface area contributed by atoms with Crippen LogP contribution in [0.4, 0.5) is 0 Å². The van der Waals surface area contributed by atoms with Gasteiger partial charge in [0.2, 0.25) is 0 Å². The first-order valence-corrected chi connectivity index (χ1v) is 3.85. The lowest BCUT2D eigenvalue weighted by Crippen LogP contribution is -1.98. The molecule has 1 unspecified atom stereocenters. The highest BCUT2D eigenvalue weighted by atomic mass is 35.5. The van der Waals surface area contributed by atoms with Crippen LogP contribution in [0.25, 0.3) is 0 Å². The summed E-state index contributed by atoms with van der Waals surface area (Å²) in [5.74, 6) is 2.36. The summed E-state index contributed by atoms with van der Waals surface area (Å²) < 4.78 is 0. The first-order chi connectivity index (χ1) is 5.74. The van der Waals surface area contributed by atoms with E-state index in [4.69, 9.17) is 18.0 Å². The maximum absolute atomic E-state index is 9.36. The molecule has 0 amide bonds. The molecule has 12 heavy (non-hydrogen) atoms. The molecule has 1 aromatic heterocycles. The van der Waals surface area contributed by atoms with E-state index in [0.717, 1.165) is 0 Å². The molecular formula is C9H8ClNO. The van der Waals surface area contributed by atoms with E-state index < -0.39 is 6.10 Å². The van der Waals surface area contributed by atoms with Crippen molar-refractivity contribution in [1.29, 1.82) is 0 Å². The summed E-state index contributed by atoms with van der Waals surface area (Å²) in [4.78, 5) is 3.92. The van der Waals surface area contributed by atoms with Crippen molar-refractivity contribution in [3.63, 3.8) is 0 Å². The van der Waals surface area contributed by atoms with Crippen LogP contribution in [0.2, 0.25) is 5.02 Å². The van der Waals surface area contributed by atoms with Gasteiger partial charge < -0.3 is 5.11 Å². The molecule has 1 heterocycles. The molecule has 0 saturated heterocycles. The number of hydrogen-bond acceptors (Lipinski definition) is 2. The number of nitrogens with zero attached hydrogens (tertiary/aromatic N) is 1. The van der Waals surface area contributed by atoms with Crippen LogP contribution in [0, 0.1) is 12.3 Å². The topological polar surface area (TPSA) is 33.1 Å². The molecule has 0 aliphatic carbocycles. The maximum Gasteiger partial charge on any atom is 0.107 e. The zero-order valence-corrected chi connectivity index (χ0v) is 7.12. The Hall–Kier alpha value is -1.04. The summed E-state index contributed by atoms with van der Waals surface area (Å²) in [5.41, 5.74) is 0.553. The number of terminal acetylenes is 1. The van der Waals surface area contributed by atoms with Gasteiger partial charge in [-0.15, -0.1) is 12.3 Å². The van der Waals surface area contributed by atoms with Crippen LogP contribution < -0.4 is 0 Å². The van der Waals surface area contributed by atoms with Gasteiger partial charge in [0.15, 0.2) is 0 Å². The maximum atomic E-state index is 9.36. The van der Waals surface area contributed by atoms with Crippen LogP contribution in [0.5, 0.6) is 0 Å². The van der Waals surface area contributed by atoms with Gasteiger partial charge in [0.25, 0.3) is 0 Å². The van der Waals surface area contributed by atoms with E-state index in [1.165, 1.54) is 6.20 Å². The highest BCUT2D eigenvalue weighted by Gasteiger charge is 2.05. The van der Waals surface area contributed by atoms with E-state index >= 15 is 0 Å². The molecule has 1 rings (SSSR count). The fraction of sp³-hybridized carbons (Fsp3) is 0.222. The van der Waals surface area contributed by atoms with Crippen molar-refractivity contribution in [2.24, 2.45) is 0 Å². The molecule has 0 aliphatic heterocycles. The third-order valence-electron chi connectivity index (χ3n) is 1.40. The molecule has 62 valence electrons. The van der Waals surface area contributed by atoms with Crippen molar-refractivity contribution < 1.29 is 5.11 Å². The summed E-state index contributed by atoms with van der Waals surface area (Å²) in [6.07, 6.45) is 6.10. The van der Waals surface area contributed by atoms with E-state index in [9.17, 15) is 5.11 Å². The molecule has 0 radical (unpaired) electrons. The van der Waals surface area contributed by atoms with E-state index in [1.54, 1.807) is 12.1 Å². The number of halogens is 1. The standard InChI is InChI=1S/C9H8ClNO/c1-2-3-9(12)8-5-4-7(10)6-11-8/h1,4-6,9,12H,3H2.